The Kier molecular flexibility index (Phi) is 9.26. The highest BCUT2D eigenvalue weighted by Crippen LogP contribution is 2.56. The average molecular weight is 871 g/mol. The molecule has 0 fully saturated rings. The third-order valence-corrected chi connectivity index (χ3v) is 14.1. The summed E-state index contributed by atoms with van der Waals surface area (Å²) in [4.78, 5) is 9.52. The quantitative estimate of drug-likeness (QED) is 0.154. The molecule has 4 nitrogen and oxygen atoms in total. The van der Waals surface area contributed by atoms with Gasteiger partial charge in [-0.1, -0.05) is 170 Å². The molecule has 0 radical (unpaired) electrons. The minimum Gasteiger partial charge on any atom is -0.341 e. The zero-order chi connectivity index (χ0) is 45.3. The Morgan fingerprint density at radius 1 is 0.235 bits per heavy atom. The fourth-order valence-corrected chi connectivity index (χ4v) is 11.0. The molecule has 4 heteroatoms. The number of benzene rings is 11. The molecule has 11 aromatic carbocycles. The maximum Gasteiger partial charge on any atom is 0.0699 e. The second-order valence-corrected chi connectivity index (χ2v) is 17.8. The van der Waals surface area contributed by atoms with E-state index >= 15 is 0 Å². The summed E-state index contributed by atoms with van der Waals surface area (Å²) in [5, 5.41) is 4.75. The third kappa shape index (κ3) is 6.15. The van der Waals surface area contributed by atoms with Gasteiger partial charge in [-0.2, -0.15) is 0 Å². The fourth-order valence-electron chi connectivity index (χ4n) is 11.0. The van der Waals surface area contributed by atoms with E-state index in [4.69, 9.17) is 0 Å². The van der Waals surface area contributed by atoms with Gasteiger partial charge in [0.05, 0.1) is 45.5 Å². The lowest BCUT2D eigenvalue weighted by Gasteiger charge is -2.39. The summed E-state index contributed by atoms with van der Waals surface area (Å²) >= 11 is 0. The molecule has 0 unspecified atom stereocenters. The normalized spacial score (nSPS) is 12.7. The van der Waals surface area contributed by atoms with Crippen LogP contribution in [0.1, 0.15) is 0 Å². The topological polar surface area (TPSA) is 13.0 Å². The summed E-state index contributed by atoms with van der Waals surface area (Å²) in [6, 6.07) is 89.1. The van der Waals surface area contributed by atoms with Crippen LogP contribution in [0.25, 0.3) is 66.1 Å². The van der Waals surface area contributed by atoms with Gasteiger partial charge >= 0.3 is 0 Å². The Labute approximate surface area is 397 Å². The minimum absolute atomic E-state index is 1.10. The molecular formula is C64H46N4. The van der Waals surface area contributed by atoms with Gasteiger partial charge in [-0.05, 0) is 139 Å². The SMILES string of the molecule is CN1c2ccccc2N(c2ccc3c(-c4ccccc4-c4ccccc4)c4cc(N5c6ccccc6N(C)c6ccccc65)ccc4c(-c4ccccc4-c4ccccc4)c3c2)c2ccccc21. The van der Waals surface area contributed by atoms with Crippen molar-refractivity contribution in [2.75, 3.05) is 33.7 Å². The number of rotatable bonds is 6. The van der Waals surface area contributed by atoms with Gasteiger partial charge in [-0.25, -0.2) is 0 Å². The molecule has 322 valence electrons. The van der Waals surface area contributed by atoms with Crippen molar-refractivity contribution >= 4 is 78.4 Å². The molecule has 0 saturated heterocycles. The van der Waals surface area contributed by atoms with Crippen molar-refractivity contribution in [2.24, 2.45) is 0 Å². The molecule has 11 aromatic rings. The summed E-state index contributed by atoms with van der Waals surface area (Å²) < 4.78 is 0. The summed E-state index contributed by atoms with van der Waals surface area (Å²) in [6.07, 6.45) is 0. The Morgan fingerprint density at radius 2 is 0.515 bits per heavy atom. The summed E-state index contributed by atoms with van der Waals surface area (Å²) in [7, 11) is 4.34. The van der Waals surface area contributed by atoms with Crippen molar-refractivity contribution < 1.29 is 0 Å². The standard InChI is InChI=1S/C64H46N4/c1-65-55-29-13-17-33-59(55)67(60-34-18-14-30-56(60)65)45-37-39-51-53(41-45)63(49-27-11-9-25-47(49)43-21-5-3-6-22-43)52-40-38-46(68-61-35-19-15-31-57(61)66(2)58-32-16-20-36-62(58)68)42-54(52)64(51)50-28-12-10-26-48(50)44-23-7-4-8-24-44/h3-42H,1-2H3. The minimum atomic E-state index is 1.10. The lowest BCUT2D eigenvalue weighted by molar-refractivity contribution is 1.13. The van der Waals surface area contributed by atoms with E-state index in [2.05, 4.69) is 276 Å². The molecule has 0 aliphatic carbocycles. The zero-order valence-electron chi connectivity index (χ0n) is 37.9. The molecule has 0 bridgehead atoms. The van der Waals surface area contributed by atoms with E-state index in [1.54, 1.807) is 0 Å². The lowest BCUT2D eigenvalue weighted by Crippen LogP contribution is -2.24. The maximum atomic E-state index is 2.46. The number of fused-ring (bicyclic) bond motifs is 6. The Bertz CT molecular complexity index is 3400. The smallest absolute Gasteiger partial charge is 0.0699 e. The fraction of sp³-hybridized carbons (Fsp3) is 0.0312. The van der Waals surface area contributed by atoms with Gasteiger partial charge in [0.15, 0.2) is 0 Å². The van der Waals surface area contributed by atoms with E-state index in [1.807, 2.05) is 0 Å². The van der Waals surface area contributed by atoms with Gasteiger partial charge in [0.2, 0.25) is 0 Å². The first-order valence-electron chi connectivity index (χ1n) is 23.4. The van der Waals surface area contributed by atoms with Crippen molar-refractivity contribution in [3.05, 3.63) is 243 Å². The molecule has 68 heavy (non-hydrogen) atoms. The van der Waals surface area contributed by atoms with E-state index in [1.165, 1.54) is 66.1 Å². The van der Waals surface area contributed by atoms with Crippen molar-refractivity contribution in [1.82, 2.24) is 0 Å². The van der Waals surface area contributed by atoms with Crippen molar-refractivity contribution in [1.29, 1.82) is 0 Å². The number of hydrogen-bond donors (Lipinski definition) is 0. The van der Waals surface area contributed by atoms with Crippen molar-refractivity contribution in [2.45, 2.75) is 0 Å². The van der Waals surface area contributed by atoms with E-state index in [0.29, 0.717) is 0 Å². The summed E-state index contributed by atoms with van der Waals surface area (Å²) in [5.74, 6) is 0. The highest BCUT2D eigenvalue weighted by Gasteiger charge is 2.31. The molecule has 0 N–H and O–H groups in total. The van der Waals surface area contributed by atoms with E-state index in [9.17, 15) is 0 Å². The summed E-state index contributed by atoms with van der Waals surface area (Å²) in [6.45, 7) is 0. The number of para-hydroxylation sites is 8. The van der Waals surface area contributed by atoms with Crippen LogP contribution in [0.3, 0.4) is 0 Å². The van der Waals surface area contributed by atoms with Gasteiger partial charge < -0.3 is 19.6 Å². The molecule has 0 saturated carbocycles. The van der Waals surface area contributed by atoms with Gasteiger partial charge in [-0.3, -0.25) is 0 Å². The predicted molar refractivity (Wildman–Crippen MR) is 289 cm³/mol. The molecular weight excluding hydrogens is 825 g/mol. The van der Waals surface area contributed by atoms with Crippen LogP contribution < -0.4 is 19.6 Å². The lowest BCUT2D eigenvalue weighted by atomic mass is 9.82. The number of nitrogens with zero attached hydrogens (tertiary/aromatic N) is 4. The monoisotopic (exact) mass is 870 g/mol. The van der Waals surface area contributed by atoms with Crippen LogP contribution in [0.2, 0.25) is 0 Å². The highest BCUT2D eigenvalue weighted by atomic mass is 15.3. The van der Waals surface area contributed by atoms with Crippen LogP contribution in [0.4, 0.5) is 56.9 Å². The Morgan fingerprint density at radius 3 is 0.853 bits per heavy atom. The number of anilines is 10. The first kappa shape index (κ1) is 39.5. The van der Waals surface area contributed by atoms with Crippen LogP contribution in [-0.2, 0) is 0 Å². The second kappa shape index (κ2) is 15.9. The van der Waals surface area contributed by atoms with E-state index in [0.717, 1.165) is 56.9 Å². The van der Waals surface area contributed by atoms with Gasteiger partial charge in [0, 0.05) is 25.5 Å². The molecule has 2 heterocycles. The second-order valence-electron chi connectivity index (χ2n) is 17.8. The molecule has 0 spiro atoms. The van der Waals surface area contributed by atoms with Gasteiger partial charge in [0.1, 0.15) is 0 Å². The van der Waals surface area contributed by atoms with Crippen LogP contribution in [0.5, 0.6) is 0 Å². The maximum absolute atomic E-state index is 2.46. The first-order valence-corrected chi connectivity index (χ1v) is 23.4. The molecule has 0 atom stereocenters. The zero-order valence-corrected chi connectivity index (χ0v) is 37.9. The predicted octanol–water partition coefficient (Wildman–Crippen LogP) is 17.8. The van der Waals surface area contributed by atoms with Gasteiger partial charge in [-0.15, -0.1) is 0 Å². The molecule has 0 aromatic heterocycles. The van der Waals surface area contributed by atoms with Crippen LogP contribution in [0, 0.1) is 0 Å². The Hall–Kier alpha value is -8.86. The van der Waals surface area contributed by atoms with Gasteiger partial charge in [0.25, 0.3) is 0 Å². The first-order chi connectivity index (χ1) is 33.6. The van der Waals surface area contributed by atoms with E-state index < -0.39 is 0 Å². The highest BCUT2D eigenvalue weighted by molar-refractivity contribution is 6.25. The largest absolute Gasteiger partial charge is 0.341 e. The average Bonchev–Trinajstić information content (AvgIpc) is 3.41. The van der Waals surface area contributed by atoms with Crippen LogP contribution in [-0.4, -0.2) is 14.1 Å². The third-order valence-electron chi connectivity index (χ3n) is 14.1. The molecule has 0 amide bonds. The molecule has 2 aliphatic heterocycles. The van der Waals surface area contributed by atoms with Crippen molar-refractivity contribution in [3.63, 3.8) is 0 Å². The van der Waals surface area contributed by atoms with Crippen LogP contribution >= 0.6 is 0 Å². The van der Waals surface area contributed by atoms with Crippen LogP contribution in [0.15, 0.2) is 243 Å². The number of hydrogen-bond acceptors (Lipinski definition) is 4. The van der Waals surface area contributed by atoms with E-state index in [-0.39, 0.29) is 0 Å². The summed E-state index contributed by atoms with van der Waals surface area (Å²) in [5.41, 5.74) is 21.0. The molecule has 13 rings (SSSR count). The van der Waals surface area contributed by atoms with Crippen molar-refractivity contribution in [3.8, 4) is 44.5 Å². The Balaban J connectivity index is 1.18. The molecule has 2 aliphatic rings.